The molecule has 1 aromatic rings. The maximum Gasteiger partial charge on any atom is 0.311 e. The Bertz CT molecular complexity index is 499. The topological polar surface area (TPSA) is 72.8 Å². The van der Waals surface area contributed by atoms with Crippen molar-refractivity contribution in [3.05, 3.63) is 28.8 Å². The molecule has 1 aliphatic rings. The van der Waals surface area contributed by atoms with E-state index in [0.717, 1.165) is 0 Å². The van der Waals surface area contributed by atoms with Crippen LogP contribution in [0.5, 0.6) is 5.75 Å². The van der Waals surface area contributed by atoms with Gasteiger partial charge in [0.15, 0.2) is 0 Å². The molecule has 0 saturated carbocycles. The number of hydrogen-bond donors (Lipinski definition) is 1. The van der Waals surface area contributed by atoms with Crippen LogP contribution in [0.2, 0.25) is 5.02 Å². The van der Waals surface area contributed by atoms with Gasteiger partial charge in [0.2, 0.25) is 0 Å². The molecule has 1 heterocycles. The van der Waals surface area contributed by atoms with E-state index >= 15 is 0 Å². The molecule has 18 heavy (non-hydrogen) atoms. The minimum Gasteiger partial charge on any atom is -0.495 e. The first-order valence-electron chi connectivity index (χ1n) is 5.28. The Kier molecular flexibility index (Phi) is 3.43. The second-order valence-electron chi connectivity index (χ2n) is 3.95. The lowest BCUT2D eigenvalue weighted by molar-refractivity contribution is -0.144. The van der Waals surface area contributed by atoms with Crippen LogP contribution in [-0.4, -0.2) is 24.2 Å². The quantitative estimate of drug-likeness (QED) is 0.851. The standard InChI is InChI=1S/C12H11ClO5/c1-17-9-3-2-6(4-8(9)13)11-7(12(15)16)5-10(14)18-11/h2-4,7,11H,5H2,1H3,(H,15,16)/t7-,11-/m0/s1. The average molecular weight is 271 g/mol. The van der Waals surface area contributed by atoms with Gasteiger partial charge in [0.05, 0.1) is 18.6 Å². The molecule has 96 valence electrons. The summed E-state index contributed by atoms with van der Waals surface area (Å²) in [5.74, 6) is -1.96. The second-order valence-corrected chi connectivity index (χ2v) is 4.36. The zero-order valence-electron chi connectivity index (χ0n) is 9.55. The first kappa shape index (κ1) is 12.7. The van der Waals surface area contributed by atoms with Gasteiger partial charge in [-0.1, -0.05) is 17.7 Å². The van der Waals surface area contributed by atoms with E-state index in [-0.39, 0.29) is 6.42 Å². The fourth-order valence-electron chi connectivity index (χ4n) is 1.94. The summed E-state index contributed by atoms with van der Waals surface area (Å²) in [7, 11) is 1.48. The highest BCUT2D eigenvalue weighted by Gasteiger charge is 2.41. The number of hydrogen-bond acceptors (Lipinski definition) is 4. The number of methoxy groups -OCH3 is 1. The Morgan fingerprint density at radius 1 is 1.56 bits per heavy atom. The lowest BCUT2D eigenvalue weighted by Crippen LogP contribution is -2.17. The smallest absolute Gasteiger partial charge is 0.311 e. The number of cyclic esters (lactones) is 1. The van der Waals surface area contributed by atoms with E-state index < -0.39 is 24.0 Å². The van der Waals surface area contributed by atoms with Crippen molar-refractivity contribution in [1.29, 1.82) is 0 Å². The maximum atomic E-state index is 11.2. The Hall–Kier alpha value is -1.75. The highest BCUT2D eigenvalue weighted by molar-refractivity contribution is 6.32. The third kappa shape index (κ3) is 2.26. The molecule has 1 N–H and O–H groups in total. The van der Waals surface area contributed by atoms with Crippen LogP contribution in [0.15, 0.2) is 18.2 Å². The van der Waals surface area contributed by atoms with Gasteiger partial charge in [-0.3, -0.25) is 9.59 Å². The minimum atomic E-state index is -1.06. The van der Waals surface area contributed by atoms with E-state index in [1.807, 2.05) is 0 Å². The summed E-state index contributed by atoms with van der Waals surface area (Å²) >= 11 is 5.96. The van der Waals surface area contributed by atoms with E-state index in [1.165, 1.54) is 7.11 Å². The van der Waals surface area contributed by atoms with Crippen LogP contribution in [0.1, 0.15) is 18.1 Å². The van der Waals surface area contributed by atoms with Gasteiger partial charge in [-0.15, -0.1) is 0 Å². The fraction of sp³-hybridized carbons (Fsp3) is 0.333. The number of aliphatic carboxylic acids is 1. The first-order valence-corrected chi connectivity index (χ1v) is 5.66. The van der Waals surface area contributed by atoms with Crippen LogP contribution in [0.4, 0.5) is 0 Å². The summed E-state index contributed by atoms with van der Waals surface area (Å²) in [6, 6.07) is 4.81. The van der Waals surface area contributed by atoms with Crippen LogP contribution in [0, 0.1) is 5.92 Å². The molecule has 5 nitrogen and oxygen atoms in total. The molecule has 0 radical (unpaired) electrons. The highest BCUT2D eigenvalue weighted by atomic mass is 35.5. The van der Waals surface area contributed by atoms with Crippen LogP contribution >= 0.6 is 11.6 Å². The maximum absolute atomic E-state index is 11.2. The second kappa shape index (κ2) is 4.86. The summed E-state index contributed by atoms with van der Waals surface area (Å²) in [6.07, 6.45) is -0.915. The van der Waals surface area contributed by atoms with Gasteiger partial charge in [-0.05, 0) is 17.7 Å². The SMILES string of the molecule is COc1ccc([C@@H]2OC(=O)C[C@@H]2C(=O)O)cc1Cl. The van der Waals surface area contributed by atoms with Crippen molar-refractivity contribution in [2.45, 2.75) is 12.5 Å². The molecule has 2 atom stereocenters. The molecule has 0 aliphatic carbocycles. The molecule has 0 amide bonds. The van der Waals surface area contributed by atoms with Crippen LogP contribution in [-0.2, 0) is 14.3 Å². The third-order valence-corrected chi connectivity index (χ3v) is 3.13. The monoisotopic (exact) mass is 270 g/mol. The van der Waals surface area contributed by atoms with E-state index in [0.29, 0.717) is 16.3 Å². The number of carbonyl (C=O) groups is 2. The predicted molar refractivity (Wildman–Crippen MR) is 62.6 cm³/mol. The molecule has 0 unspecified atom stereocenters. The number of rotatable bonds is 3. The molecule has 0 bridgehead atoms. The Balaban J connectivity index is 2.33. The summed E-state index contributed by atoms with van der Waals surface area (Å²) in [6.45, 7) is 0. The van der Waals surface area contributed by atoms with Crippen molar-refractivity contribution in [2.75, 3.05) is 7.11 Å². The number of carboxylic acid groups (broad SMARTS) is 1. The number of benzene rings is 1. The van der Waals surface area contributed by atoms with Crippen molar-refractivity contribution in [3.8, 4) is 5.75 Å². The van der Waals surface area contributed by atoms with E-state index in [4.69, 9.17) is 26.2 Å². The van der Waals surface area contributed by atoms with Crippen molar-refractivity contribution in [2.24, 2.45) is 5.92 Å². The van der Waals surface area contributed by atoms with Crippen molar-refractivity contribution >= 4 is 23.5 Å². The number of carboxylic acids is 1. The van der Waals surface area contributed by atoms with Gasteiger partial charge in [0.1, 0.15) is 17.8 Å². The molecule has 0 spiro atoms. The molecule has 1 fully saturated rings. The van der Waals surface area contributed by atoms with E-state index in [9.17, 15) is 9.59 Å². The van der Waals surface area contributed by atoms with Gasteiger partial charge in [0.25, 0.3) is 0 Å². The van der Waals surface area contributed by atoms with Gasteiger partial charge in [-0.2, -0.15) is 0 Å². The molecule has 1 saturated heterocycles. The molecule has 1 aliphatic heterocycles. The molecule has 0 aromatic heterocycles. The van der Waals surface area contributed by atoms with Crippen LogP contribution in [0.25, 0.3) is 0 Å². The van der Waals surface area contributed by atoms with Gasteiger partial charge in [0, 0.05) is 0 Å². The number of carbonyl (C=O) groups excluding carboxylic acids is 1. The van der Waals surface area contributed by atoms with Crippen molar-refractivity contribution in [1.82, 2.24) is 0 Å². The Morgan fingerprint density at radius 2 is 2.28 bits per heavy atom. The normalized spacial score (nSPS) is 22.7. The van der Waals surface area contributed by atoms with Gasteiger partial charge in [-0.25, -0.2) is 0 Å². The zero-order chi connectivity index (χ0) is 13.3. The molecular formula is C12H11ClO5. The summed E-state index contributed by atoms with van der Waals surface area (Å²) in [5, 5.41) is 9.39. The lowest BCUT2D eigenvalue weighted by atomic mass is 9.95. The van der Waals surface area contributed by atoms with Gasteiger partial charge < -0.3 is 14.6 Å². The third-order valence-electron chi connectivity index (χ3n) is 2.83. The summed E-state index contributed by atoms with van der Waals surface area (Å²) in [4.78, 5) is 22.3. The zero-order valence-corrected chi connectivity index (χ0v) is 10.3. The summed E-state index contributed by atoms with van der Waals surface area (Å²) < 4.78 is 10.0. The van der Waals surface area contributed by atoms with Crippen LogP contribution < -0.4 is 4.74 Å². The van der Waals surface area contributed by atoms with Crippen molar-refractivity contribution in [3.63, 3.8) is 0 Å². The molecule has 6 heteroatoms. The highest BCUT2D eigenvalue weighted by Crippen LogP contribution is 2.38. The van der Waals surface area contributed by atoms with Crippen molar-refractivity contribution < 1.29 is 24.2 Å². The summed E-state index contributed by atoms with van der Waals surface area (Å²) in [5.41, 5.74) is 0.555. The molecular weight excluding hydrogens is 260 g/mol. The number of halogens is 1. The fourth-order valence-corrected chi connectivity index (χ4v) is 2.20. The average Bonchev–Trinajstić information content (AvgIpc) is 2.71. The predicted octanol–water partition coefficient (Wildman–Crippen LogP) is 2.04. The number of esters is 1. The molecule has 1 aromatic carbocycles. The van der Waals surface area contributed by atoms with E-state index in [1.54, 1.807) is 18.2 Å². The van der Waals surface area contributed by atoms with E-state index in [2.05, 4.69) is 0 Å². The number of ether oxygens (including phenoxy) is 2. The Morgan fingerprint density at radius 3 is 2.83 bits per heavy atom. The largest absolute Gasteiger partial charge is 0.495 e. The lowest BCUT2D eigenvalue weighted by Gasteiger charge is -2.15. The van der Waals surface area contributed by atoms with Crippen LogP contribution in [0.3, 0.4) is 0 Å². The Labute approximate surface area is 108 Å². The first-order chi connectivity index (χ1) is 8.52. The van der Waals surface area contributed by atoms with Gasteiger partial charge >= 0.3 is 11.9 Å². The minimum absolute atomic E-state index is 0.121. The molecule has 2 rings (SSSR count).